The minimum Gasteiger partial charge on any atom is -0.475 e. The quantitative estimate of drug-likeness (QED) is 0.361. The van der Waals surface area contributed by atoms with E-state index in [-0.39, 0.29) is 6.04 Å². The molecule has 1 aliphatic rings. The van der Waals surface area contributed by atoms with Crippen LogP contribution in [0.1, 0.15) is 22.6 Å². The van der Waals surface area contributed by atoms with Crippen LogP contribution in [0.15, 0.2) is 46.7 Å². The molecule has 1 saturated heterocycles. The summed E-state index contributed by atoms with van der Waals surface area (Å²) in [6.07, 6.45) is -4.88. The Hall–Kier alpha value is -3.77. The molecular formula is C21H21F6N5O6S. The lowest BCUT2D eigenvalue weighted by Gasteiger charge is -2.33. The molecule has 0 aromatic carbocycles. The number of aromatic nitrogens is 3. The molecule has 0 spiro atoms. The first-order valence-electron chi connectivity index (χ1n) is 10.7. The molecule has 4 heterocycles. The van der Waals surface area contributed by atoms with Gasteiger partial charge in [0.05, 0.1) is 38.6 Å². The molecule has 11 nitrogen and oxygen atoms in total. The summed E-state index contributed by atoms with van der Waals surface area (Å²) in [5.74, 6) is -3.10. The average Bonchev–Trinajstić information content (AvgIpc) is 3.57. The van der Waals surface area contributed by atoms with E-state index in [1.165, 1.54) is 0 Å². The summed E-state index contributed by atoms with van der Waals surface area (Å²) in [4.78, 5) is 33.7. The number of thiazole rings is 1. The number of halogens is 6. The zero-order valence-electron chi connectivity index (χ0n) is 19.6. The fraction of sp³-hybridized carbons (Fsp3) is 0.381. The molecule has 0 bridgehead atoms. The molecule has 1 unspecified atom stereocenters. The van der Waals surface area contributed by atoms with E-state index >= 15 is 0 Å². The molecule has 1 atom stereocenters. The SMILES string of the molecule is O=C(O)C(F)(F)F.O=C(O)C(F)(F)F.c1coc(CNc2ccnc(C3COCCN3Cc3nccs3)n2)c1. The van der Waals surface area contributed by atoms with Gasteiger partial charge in [0.25, 0.3) is 0 Å². The molecule has 214 valence electrons. The molecule has 18 heteroatoms. The van der Waals surface area contributed by atoms with Gasteiger partial charge in [-0.1, -0.05) is 0 Å². The molecule has 0 radical (unpaired) electrons. The number of carboxylic acids is 2. The van der Waals surface area contributed by atoms with Crippen molar-refractivity contribution in [3.63, 3.8) is 0 Å². The van der Waals surface area contributed by atoms with E-state index in [0.29, 0.717) is 13.2 Å². The first-order valence-corrected chi connectivity index (χ1v) is 11.5. The number of ether oxygens (including phenoxy) is 1. The van der Waals surface area contributed by atoms with Crippen molar-refractivity contribution in [2.75, 3.05) is 25.1 Å². The van der Waals surface area contributed by atoms with E-state index in [9.17, 15) is 26.3 Å². The Morgan fingerprint density at radius 1 is 1.08 bits per heavy atom. The first-order chi connectivity index (χ1) is 18.3. The highest BCUT2D eigenvalue weighted by Crippen LogP contribution is 2.25. The molecule has 3 N–H and O–H groups in total. The third kappa shape index (κ3) is 11.2. The normalized spacial score (nSPS) is 15.8. The Balaban J connectivity index is 0.000000317. The van der Waals surface area contributed by atoms with Crippen LogP contribution in [0.3, 0.4) is 0 Å². The minimum atomic E-state index is -5.08. The number of carboxylic acid groups (broad SMARTS) is 2. The number of aliphatic carboxylic acids is 2. The van der Waals surface area contributed by atoms with Crippen molar-refractivity contribution < 1.29 is 55.3 Å². The van der Waals surface area contributed by atoms with Gasteiger partial charge in [-0.25, -0.2) is 24.5 Å². The van der Waals surface area contributed by atoms with E-state index in [0.717, 1.165) is 42.1 Å². The van der Waals surface area contributed by atoms with Crippen LogP contribution in [-0.2, 0) is 27.4 Å². The zero-order valence-corrected chi connectivity index (χ0v) is 20.5. The highest BCUT2D eigenvalue weighted by atomic mass is 32.1. The smallest absolute Gasteiger partial charge is 0.475 e. The number of furan rings is 1. The fourth-order valence-corrected chi connectivity index (χ4v) is 3.43. The number of hydrogen-bond acceptors (Lipinski definition) is 10. The maximum absolute atomic E-state index is 10.6. The number of hydrogen-bond donors (Lipinski definition) is 3. The van der Waals surface area contributed by atoms with Crippen molar-refractivity contribution in [3.8, 4) is 0 Å². The lowest BCUT2D eigenvalue weighted by molar-refractivity contribution is -0.193. The van der Waals surface area contributed by atoms with E-state index in [1.54, 1.807) is 23.8 Å². The number of anilines is 1. The van der Waals surface area contributed by atoms with Gasteiger partial charge in [-0.15, -0.1) is 11.3 Å². The lowest BCUT2D eigenvalue weighted by Crippen LogP contribution is -2.39. The fourth-order valence-electron chi connectivity index (χ4n) is 2.79. The van der Waals surface area contributed by atoms with Crippen molar-refractivity contribution in [2.24, 2.45) is 0 Å². The second-order valence-electron chi connectivity index (χ2n) is 7.33. The van der Waals surface area contributed by atoms with Crippen molar-refractivity contribution in [1.82, 2.24) is 19.9 Å². The number of nitrogens with zero attached hydrogens (tertiary/aromatic N) is 4. The molecule has 3 aromatic rings. The number of morpholine rings is 1. The molecule has 0 saturated carbocycles. The second-order valence-corrected chi connectivity index (χ2v) is 8.30. The average molecular weight is 585 g/mol. The summed E-state index contributed by atoms with van der Waals surface area (Å²) in [6.45, 7) is 3.54. The molecule has 4 rings (SSSR count). The van der Waals surface area contributed by atoms with Crippen LogP contribution in [0.2, 0.25) is 0 Å². The van der Waals surface area contributed by atoms with Crippen LogP contribution >= 0.6 is 11.3 Å². The first kappa shape index (κ1) is 31.4. The molecular weight excluding hydrogens is 564 g/mol. The van der Waals surface area contributed by atoms with Crippen molar-refractivity contribution >= 4 is 29.1 Å². The maximum Gasteiger partial charge on any atom is 0.490 e. The summed E-state index contributed by atoms with van der Waals surface area (Å²) >= 11 is 1.67. The van der Waals surface area contributed by atoms with Gasteiger partial charge in [0, 0.05) is 24.3 Å². The number of alkyl halides is 6. The van der Waals surface area contributed by atoms with Crippen LogP contribution in [0.5, 0.6) is 0 Å². The summed E-state index contributed by atoms with van der Waals surface area (Å²) in [7, 11) is 0. The molecule has 3 aromatic heterocycles. The van der Waals surface area contributed by atoms with Crippen LogP contribution < -0.4 is 5.32 Å². The molecule has 0 aliphatic carbocycles. The molecule has 1 fully saturated rings. The largest absolute Gasteiger partial charge is 0.490 e. The highest BCUT2D eigenvalue weighted by Gasteiger charge is 2.38. The minimum absolute atomic E-state index is 0.0306. The number of rotatable bonds is 6. The van der Waals surface area contributed by atoms with Gasteiger partial charge in [0.2, 0.25) is 0 Å². The molecule has 1 aliphatic heterocycles. The van der Waals surface area contributed by atoms with Crippen LogP contribution in [0.4, 0.5) is 32.2 Å². The Kier molecular flexibility index (Phi) is 11.6. The highest BCUT2D eigenvalue weighted by molar-refractivity contribution is 7.09. The predicted octanol–water partition coefficient (Wildman–Crippen LogP) is 3.98. The summed E-state index contributed by atoms with van der Waals surface area (Å²) in [5.41, 5.74) is 0. The summed E-state index contributed by atoms with van der Waals surface area (Å²) in [5, 5.41) is 20.6. The molecule has 0 amide bonds. The maximum atomic E-state index is 10.6. The molecule has 39 heavy (non-hydrogen) atoms. The third-order valence-corrected chi connectivity index (χ3v) is 5.31. The summed E-state index contributed by atoms with van der Waals surface area (Å²) in [6, 6.07) is 5.70. The van der Waals surface area contributed by atoms with Crippen LogP contribution in [-0.4, -0.2) is 74.1 Å². The van der Waals surface area contributed by atoms with Crippen molar-refractivity contribution in [3.05, 3.63) is 58.8 Å². The van der Waals surface area contributed by atoms with Gasteiger partial charge in [-0.2, -0.15) is 26.3 Å². The van der Waals surface area contributed by atoms with Gasteiger partial charge >= 0.3 is 24.3 Å². The van der Waals surface area contributed by atoms with E-state index < -0.39 is 24.3 Å². The van der Waals surface area contributed by atoms with Gasteiger partial charge in [-0.3, -0.25) is 4.90 Å². The van der Waals surface area contributed by atoms with Crippen molar-refractivity contribution in [2.45, 2.75) is 31.5 Å². The second kappa shape index (κ2) is 14.4. The Labute approximate surface area is 220 Å². The monoisotopic (exact) mass is 585 g/mol. The lowest BCUT2D eigenvalue weighted by atomic mass is 10.2. The van der Waals surface area contributed by atoms with Gasteiger partial charge in [-0.05, 0) is 18.2 Å². The van der Waals surface area contributed by atoms with Gasteiger partial charge in [0.15, 0.2) is 0 Å². The standard InChI is InChI=1S/C17H19N5O2S.2C2HF3O2/c1-2-13(24-7-1)10-20-15-3-4-19-17(21-15)14-12-23-8-6-22(14)11-16-18-5-9-25-16;2*3-2(4,5)1(6)7/h1-5,7,9,14H,6,8,10-12H2,(H,19,20,21);2*(H,6,7). The topological polar surface area (TPSA) is 151 Å². The Morgan fingerprint density at radius 2 is 1.74 bits per heavy atom. The van der Waals surface area contributed by atoms with E-state index in [4.69, 9.17) is 29.0 Å². The predicted molar refractivity (Wildman–Crippen MR) is 122 cm³/mol. The number of nitrogens with one attached hydrogen (secondary N) is 1. The third-order valence-electron chi connectivity index (χ3n) is 4.54. The summed E-state index contributed by atoms with van der Waals surface area (Å²) < 4.78 is 74.5. The van der Waals surface area contributed by atoms with Gasteiger partial charge in [0.1, 0.15) is 22.4 Å². The Bertz CT molecular complexity index is 1140. The zero-order chi connectivity index (χ0) is 29.1. The van der Waals surface area contributed by atoms with Crippen LogP contribution in [0.25, 0.3) is 0 Å². The number of carbonyl (C=O) groups is 2. The Morgan fingerprint density at radius 3 is 2.28 bits per heavy atom. The van der Waals surface area contributed by atoms with Crippen LogP contribution in [0, 0.1) is 0 Å². The van der Waals surface area contributed by atoms with E-state index in [1.807, 2.05) is 29.8 Å². The van der Waals surface area contributed by atoms with E-state index in [2.05, 4.69) is 25.2 Å². The van der Waals surface area contributed by atoms with Crippen molar-refractivity contribution in [1.29, 1.82) is 0 Å². The van der Waals surface area contributed by atoms with Gasteiger partial charge < -0.3 is 24.7 Å².